The molecular formula is C20H18ClNO2. The van der Waals surface area contributed by atoms with Crippen molar-refractivity contribution in [3.8, 4) is 5.75 Å². The van der Waals surface area contributed by atoms with E-state index in [1.807, 2.05) is 30.3 Å². The van der Waals surface area contributed by atoms with E-state index in [2.05, 4.69) is 25.2 Å². The fourth-order valence-electron chi connectivity index (χ4n) is 3.26. The zero-order valence-corrected chi connectivity index (χ0v) is 14.4. The molecule has 2 aliphatic heterocycles. The highest BCUT2D eigenvalue weighted by Crippen LogP contribution is 2.36. The highest BCUT2D eigenvalue weighted by Gasteiger charge is 2.25. The molecule has 4 rings (SSSR count). The first kappa shape index (κ1) is 15.3. The monoisotopic (exact) mass is 339 g/mol. The average molecular weight is 340 g/mol. The van der Waals surface area contributed by atoms with Gasteiger partial charge in [0.25, 0.3) is 5.91 Å². The van der Waals surface area contributed by atoms with Crippen molar-refractivity contribution in [1.82, 2.24) is 0 Å². The lowest BCUT2D eigenvalue weighted by Crippen LogP contribution is -2.27. The molecule has 2 unspecified atom stereocenters. The molecule has 2 atom stereocenters. The van der Waals surface area contributed by atoms with Crippen LogP contribution in [0, 0.1) is 5.92 Å². The smallest absolute Gasteiger partial charge is 0.256 e. The molecule has 1 N–H and O–H groups in total. The van der Waals surface area contributed by atoms with Crippen LogP contribution in [0.25, 0.3) is 11.6 Å². The molecule has 2 heterocycles. The summed E-state index contributed by atoms with van der Waals surface area (Å²) in [7, 11) is 0. The Bertz CT molecular complexity index is 872. The van der Waals surface area contributed by atoms with E-state index >= 15 is 0 Å². The van der Waals surface area contributed by atoms with Crippen LogP contribution in [-0.4, -0.2) is 12.0 Å². The minimum atomic E-state index is -0.0942. The van der Waals surface area contributed by atoms with Gasteiger partial charge in [0.2, 0.25) is 0 Å². The van der Waals surface area contributed by atoms with E-state index in [4.69, 9.17) is 16.3 Å². The second-order valence-corrected chi connectivity index (χ2v) is 7.01. The SMILES string of the molecule is CC1Cc2cc(C=C3C(=O)Nc4ccc(Cl)cc43)ccc2OC1C. The van der Waals surface area contributed by atoms with Crippen LogP contribution in [0.4, 0.5) is 5.69 Å². The predicted octanol–water partition coefficient (Wildman–Crippen LogP) is 4.79. The van der Waals surface area contributed by atoms with Crippen molar-refractivity contribution in [2.24, 2.45) is 5.92 Å². The number of nitrogens with one attached hydrogen (secondary N) is 1. The predicted molar refractivity (Wildman–Crippen MR) is 97.4 cm³/mol. The van der Waals surface area contributed by atoms with E-state index < -0.39 is 0 Å². The molecule has 2 aromatic carbocycles. The van der Waals surface area contributed by atoms with Crippen LogP contribution in [-0.2, 0) is 11.2 Å². The van der Waals surface area contributed by atoms with E-state index in [0.29, 0.717) is 16.5 Å². The van der Waals surface area contributed by atoms with Crippen molar-refractivity contribution in [1.29, 1.82) is 0 Å². The third-order valence-corrected chi connectivity index (χ3v) is 5.05. The van der Waals surface area contributed by atoms with Crippen LogP contribution in [0.2, 0.25) is 5.02 Å². The molecule has 0 saturated carbocycles. The highest BCUT2D eigenvalue weighted by molar-refractivity contribution is 6.36. The van der Waals surface area contributed by atoms with Crippen molar-refractivity contribution < 1.29 is 9.53 Å². The summed E-state index contributed by atoms with van der Waals surface area (Å²) >= 11 is 6.08. The highest BCUT2D eigenvalue weighted by atomic mass is 35.5. The molecule has 0 fully saturated rings. The summed E-state index contributed by atoms with van der Waals surface area (Å²) in [6, 6.07) is 11.5. The van der Waals surface area contributed by atoms with E-state index in [-0.39, 0.29) is 12.0 Å². The molecule has 2 aromatic rings. The van der Waals surface area contributed by atoms with Crippen LogP contribution in [0.3, 0.4) is 0 Å². The number of amides is 1. The molecule has 0 bridgehead atoms. The third-order valence-electron chi connectivity index (χ3n) is 4.82. The Balaban J connectivity index is 1.74. The van der Waals surface area contributed by atoms with Gasteiger partial charge in [0.05, 0.1) is 6.10 Å². The van der Waals surface area contributed by atoms with Gasteiger partial charge in [-0.05, 0) is 66.8 Å². The number of rotatable bonds is 1. The minimum absolute atomic E-state index is 0.0942. The average Bonchev–Trinajstić information content (AvgIpc) is 2.84. The molecule has 0 aliphatic carbocycles. The summed E-state index contributed by atoms with van der Waals surface area (Å²) in [4.78, 5) is 12.3. The number of halogens is 1. The fraction of sp³-hybridized carbons (Fsp3) is 0.250. The summed E-state index contributed by atoms with van der Waals surface area (Å²) in [6.07, 6.45) is 3.14. The van der Waals surface area contributed by atoms with Crippen LogP contribution in [0.5, 0.6) is 5.75 Å². The Kier molecular flexibility index (Phi) is 3.61. The Morgan fingerprint density at radius 3 is 2.88 bits per heavy atom. The summed E-state index contributed by atoms with van der Waals surface area (Å²) in [6.45, 7) is 4.30. The largest absolute Gasteiger partial charge is 0.490 e. The topological polar surface area (TPSA) is 38.3 Å². The van der Waals surface area contributed by atoms with Crippen LogP contribution < -0.4 is 10.1 Å². The van der Waals surface area contributed by atoms with Crippen molar-refractivity contribution in [2.45, 2.75) is 26.4 Å². The molecule has 0 aromatic heterocycles. The standard InChI is InChI=1S/C20H18ClNO2/c1-11-7-14-8-13(3-6-19(14)24-12(11)2)9-17-16-10-15(21)4-5-18(16)22-20(17)23/h3-6,8-12H,7H2,1-2H3,(H,22,23). The molecule has 24 heavy (non-hydrogen) atoms. The summed E-state index contributed by atoms with van der Waals surface area (Å²) < 4.78 is 5.94. The molecule has 0 saturated heterocycles. The van der Waals surface area contributed by atoms with Crippen LogP contribution in [0.1, 0.15) is 30.5 Å². The number of carbonyl (C=O) groups excluding carboxylic acids is 1. The lowest BCUT2D eigenvalue weighted by Gasteiger charge is -2.29. The van der Waals surface area contributed by atoms with Crippen molar-refractivity contribution >= 4 is 34.8 Å². The van der Waals surface area contributed by atoms with E-state index in [1.165, 1.54) is 5.56 Å². The van der Waals surface area contributed by atoms with Gasteiger partial charge in [-0.25, -0.2) is 0 Å². The molecule has 3 nitrogen and oxygen atoms in total. The third kappa shape index (κ3) is 2.59. The molecule has 2 aliphatic rings. The Morgan fingerprint density at radius 1 is 1.21 bits per heavy atom. The first-order valence-electron chi connectivity index (χ1n) is 8.14. The number of hydrogen-bond donors (Lipinski definition) is 1. The summed E-state index contributed by atoms with van der Waals surface area (Å²) in [5, 5.41) is 3.50. The second-order valence-electron chi connectivity index (χ2n) is 6.57. The fourth-order valence-corrected chi connectivity index (χ4v) is 3.44. The Morgan fingerprint density at radius 2 is 2.04 bits per heavy atom. The first-order valence-corrected chi connectivity index (χ1v) is 8.51. The van der Waals surface area contributed by atoms with Gasteiger partial charge in [0.15, 0.2) is 0 Å². The maximum Gasteiger partial charge on any atom is 0.256 e. The van der Waals surface area contributed by atoms with Gasteiger partial charge in [0.1, 0.15) is 5.75 Å². The lowest BCUT2D eigenvalue weighted by molar-refractivity contribution is -0.110. The number of anilines is 1. The number of hydrogen-bond acceptors (Lipinski definition) is 2. The zero-order valence-electron chi connectivity index (χ0n) is 13.6. The quantitative estimate of drug-likeness (QED) is 0.758. The normalized spacial score (nSPS) is 23.5. The van der Waals surface area contributed by atoms with E-state index in [9.17, 15) is 4.79 Å². The zero-order chi connectivity index (χ0) is 16.8. The molecule has 0 spiro atoms. The van der Waals surface area contributed by atoms with Gasteiger partial charge in [-0.15, -0.1) is 0 Å². The van der Waals surface area contributed by atoms with Crippen LogP contribution >= 0.6 is 11.6 Å². The van der Waals surface area contributed by atoms with Gasteiger partial charge in [-0.1, -0.05) is 24.6 Å². The van der Waals surface area contributed by atoms with Gasteiger partial charge in [0, 0.05) is 21.8 Å². The molecular weight excluding hydrogens is 322 g/mol. The van der Waals surface area contributed by atoms with Crippen molar-refractivity contribution in [3.63, 3.8) is 0 Å². The number of carbonyl (C=O) groups is 1. The second kappa shape index (κ2) is 5.67. The van der Waals surface area contributed by atoms with Gasteiger partial charge in [-0.2, -0.15) is 0 Å². The number of ether oxygens (including phenoxy) is 1. The molecule has 122 valence electrons. The van der Waals surface area contributed by atoms with Gasteiger partial charge in [-0.3, -0.25) is 4.79 Å². The molecule has 0 radical (unpaired) electrons. The Labute approximate surface area is 146 Å². The molecule has 4 heteroatoms. The van der Waals surface area contributed by atoms with Gasteiger partial charge < -0.3 is 10.1 Å². The summed E-state index contributed by atoms with van der Waals surface area (Å²) in [5.74, 6) is 1.33. The van der Waals surface area contributed by atoms with Crippen LogP contribution in [0.15, 0.2) is 36.4 Å². The Hall–Kier alpha value is -2.26. The maximum atomic E-state index is 12.3. The molecule has 1 amide bonds. The van der Waals surface area contributed by atoms with E-state index in [1.54, 1.807) is 6.07 Å². The number of fused-ring (bicyclic) bond motifs is 2. The lowest BCUT2D eigenvalue weighted by atomic mass is 9.91. The van der Waals surface area contributed by atoms with Crippen molar-refractivity contribution in [2.75, 3.05) is 5.32 Å². The minimum Gasteiger partial charge on any atom is -0.490 e. The van der Waals surface area contributed by atoms with E-state index in [0.717, 1.165) is 29.0 Å². The number of benzene rings is 2. The maximum absolute atomic E-state index is 12.3. The summed E-state index contributed by atoms with van der Waals surface area (Å²) in [5.41, 5.74) is 4.49. The van der Waals surface area contributed by atoms with Gasteiger partial charge >= 0.3 is 0 Å². The first-order chi connectivity index (χ1) is 11.5. The van der Waals surface area contributed by atoms with Crippen molar-refractivity contribution in [3.05, 3.63) is 58.1 Å².